The molecule has 1 N–H and O–H groups in total. The normalized spacial score (nSPS) is 15.5. The van der Waals surface area contributed by atoms with Gasteiger partial charge in [0, 0.05) is 37.7 Å². The molecular weight excluding hydrogens is 396 g/mol. The summed E-state index contributed by atoms with van der Waals surface area (Å²) in [5.74, 6) is 0.512. The van der Waals surface area contributed by atoms with Crippen LogP contribution in [-0.2, 0) is 24.2 Å². The maximum absolute atomic E-state index is 12.8. The predicted molar refractivity (Wildman–Crippen MR) is 114 cm³/mol. The minimum Gasteiger partial charge on any atom is -0.447 e. The summed E-state index contributed by atoms with van der Waals surface area (Å²) in [6.45, 7) is 2.62. The minimum atomic E-state index is -0.309. The molecule has 9 heteroatoms. The second-order valence-corrected chi connectivity index (χ2v) is 7.54. The van der Waals surface area contributed by atoms with E-state index in [-0.39, 0.29) is 12.1 Å². The van der Waals surface area contributed by atoms with Crippen molar-refractivity contribution in [3.63, 3.8) is 0 Å². The molecule has 2 aliphatic heterocycles. The lowest BCUT2D eigenvalue weighted by atomic mass is 9.97. The highest BCUT2D eigenvalue weighted by Crippen LogP contribution is 2.30. The fourth-order valence-electron chi connectivity index (χ4n) is 4.01. The van der Waals surface area contributed by atoms with E-state index < -0.39 is 0 Å². The molecule has 2 aromatic heterocycles. The van der Waals surface area contributed by atoms with E-state index in [4.69, 9.17) is 4.74 Å². The van der Waals surface area contributed by atoms with Crippen LogP contribution in [-0.4, -0.2) is 51.5 Å². The number of cyclic esters (lactones) is 1. The molecule has 0 atom stereocenters. The van der Waals surface area contributed by atoms with Crippen LogP contribution in [0.25, 0.3) is 0 Å². The summed E-state index contributed by atoms with van der Waals surface area (Å²) in [6, 6.07) is 11.3. The van der Waals surface area contributed by atoms with Crippen LogP contribution in [0.15, 0.2) is 55.0 Å². The maximum atomic E-state index is 12.8. The SMILES string of the molecule is O=C(Nc1ccn(Cc2ccncc2)n1)N1CCc2c(cccc2N2CCOC2=O)C1. The van der Waals surface area contributed by atoms with Crippen LogP contribution in [0.2, 0.25) is 0 Å². The number of nitrogens with one attached hydrogen (secondary N) is 1. The summed E-state index contributed by atoms with van der Waals surface area (Å²) in [5.41, 5.74) is 4.12. The van der Waals surface area contributed by atoms with Crippen molar-refractivity contribution in [1.29, 1.82) is 0 Å². The summed E-state index contributed by atoms with van der Waals surface area (Å²) < 4.78 is 6.85. The molecule has 0 spiro atoms. The number of carbonyl (C=O) groups is 2. The Labute approximate surface area is 179 Å². The number of urea groups is 1. The minimum absolute atomic E-state index is 0.189. The molecule has 3 amide bonds. The molecule has 1 saturated heterocycles. The van der Waals surface area contributed by atoms with E-state index in [1.165, 1.54) is 0 Å². The number of fused-ring (bicyclic) bond motifs is 1. The highest BCUT2D eigenvalue weighted by atomic mass is 16.6. The standard InChI is InChI=1S/C22H22N6O3/c29-21(24-20-7-11-27(25-20)14-16-4-8-23-9-5-16)26-10-6-18-17(15-26)2-1-3-19(18)28-12-13-31-22(28)30/h1-5,7-9,11H,6,10,12-15H2,(H,24,25,29). The van der Waals surface area contributed by atoms with Crippen LogP contribution in [0.4, 0.5) is 21.1 Å². The van der Waals surface area contributed by atoms with Gasteiger partial charge in [0.05, 0.1) is 18.8 Å². The van der Waals surface area contributed by atoms with Crippen molar-refractivity contribution in [2.75, 3.05) is 29.9 Å². The first-order valence-electron chi connectivity index (χ1n) is 10.2. The number of benzene rings is 1. The Balaban J connectivity index is 1.25. The Morgan fingerprint density at radius 3 is 2.81 bits per heavy atom. The molecule has 0 saturated carbocycles. The molecule has 0 radical (unpaired) electrons. The highest BCUT2D eigenvalue weighted by Gasteiger charge is 2.29. The first-order chi connectivity index (χ1) is 15.2. The van der Waals surface area contributed by atoms with Crippen LogP contribution in [0.1, 0.15) is 16.7 Å². The number of ether oxygens (including phenoxy) is 1. The van der Waals surface area contributed by atoms with Crippen molar-refractivity contribution in [1.82, 2.24) is 19.7 Å². The topological polar surface area (TPSA) is 92.6 Å². The van der Waals surface area contributed by atoms with Gasteiger partial charge < -0.3 is 9.64 Å². The van der Waals surface area contributed by atoms with Gasteiger partial charge in [-0.15, -0.1) is 0 Å². The Hall–Kier alpha value is -3.88. The molecule has 5 rings (SSSR count). The zero-order valence-electron chi connectivity index (χ0n) is 16.9. The van der Waals surface area contributed by atoms with Crippen LogP contribution in [0.3, 0.4) is 0 Å². The summed E-state index contributed by atoms with van der Waals surface area (Å²) in [4.78, 5) is 32.2. The van der Waals surface area contributed by atoms with Gasteiger partial charge >= 0.3 is 12.1 Å². The Bertz CT molecular complexity index is 1110. The Morgan fingerprint density at radius 2 is 2.00 bits per heavy atom. The molecule has 1 fully saturated rings. The van der Waals surface area contributed by atoms with Crippen molar-refractivity contribution >= 4 is 23.6 Å². The molecule has 9 nitrogen and oxygen atoms in total. The molecule has 31 heavy (non-hydrogen) atoms. The third kappa shape index (κ3) is 3.94. The fourth-order valence-corrected chi connectivity index (χ4v) is 4.01. The summed E-state index contributed by atoms with van der Waals surface area (Å²) >= 11 is 0. The van der Waals surface area contributed by atoms with Gasteiger partial charge in [0.1, 0.15) is 6.61 Å². The average molecular weight is 418 g/mol. The van der Waals surface area contributed by atoms with Crippen LogP contribution >= 0.6 is 0 Å². The smallest absolute Gasteiger partial charge is 0.414 e. The second-order valence-electron chi connectivity index (χ2n) is 7.54. The summed E-state index contributed by atoms with van der Waals surface area (Å²) in [7, 11) is 0. The number of amides is 3. The van der Waals surface area contributed by atoms with E-state index in [1.54, 1.807) is 32.9 Å². The number of nitrogens with zero attached hydrogens (tertiary/aromatic N) is 5. The zero-order chi connectivity index (χ0) is 21.2. The monoisotopic (exact) mass is 418 g/mol. The van der Waals surface area contributed by atoms with E-state index in [0.717, 1.165) is 22.4 Å². The second kappa shape index (κ2) is 8.10. The Morgan fingerprint density at radius 1 is 1.13 bits per heavy atom. The van der Waals surface area contributed by atoms with Gasteiger partial charge in [-0.2, -0.15) is 5.10 Å². The van der Waals surface area contributed by atoms with Gasteiger partial charge in [0.25, 0.3) is 0 Å². The summed E-state index contributed by atoms with van der Waals surface area (Å²) in [5, 5.41) is 7.32. The summed E-state index contributed by atoms with van der Waals surface area (Å²) in [6.07, 6.45) is 5.69. The van der Waals surface area contributed by atoms with Crippen molar-refractivity contribution in [3.05, 3.63) is 71.7 Å². The van der Waals surface area contributed by atoms with Crippen molar-refractivity contribution < 1.29 is 14.3 Å². The largest absolute Gasteiger partial charge is 0.447 e. The van der Waals surface area contributed by atoms with E-state index in [1.807, 2.05) is 36.5 Å². The lowest BCUT2D eigenvalue weighted by molar-refractivity contribution is 0.181. The first kappa shape index (κ1) is 19.1. The number of anilines is 2. The molecule has 3 aromatic rings. The van der Waals surface area contributed by atoms with Crippen LogP contribution in [0, 0.1) is 0 Å². The molecule has 0 aliphatic carbocycles. The fraction of sp³-hybridized carbons (Fsp3) is 0.273. The number of hydrogen-bond acceptors (Lipinski definition) is 5. The van der Waals surface area contributed by atoms with E-state index in [9.17, 15) is 9.59 Å². The molecule has 1 aromatic carbocycles. The number of pyridine rings is 1. The van der Waals surface area contributed by atoms with E-state index in [2.05, 4.69) is 15.4 Å². The molecule has 158 valence electrons. The van der Waals surface area contributed by atoms with Crippen molar-refractivity contribution in [3.8, 4) is 0 Å². The lowest BCUT2D eigenvalue weighted by Crippen LogP contribution is -2.39. The molecule has 0 unspecified atom stereocenters. The molecule has 4 heterocycles. The van der Waals surface area contributed by atoms with Crippen molar-refractivity contribution in [2.45, 2.75) is 19.5 Å². The lowest BCUT2D eigenvalue weighted by Gasteiger charge is -2.31. The van der Waals surface area contributed by atoms with Crippen LogP contribution in [0.5, 0.6) is 0 Å². The molecular formula is C22H22N6O3. The van der Waals surface area contributed by atoms with Gasteiger partial charge in [0.15, 0.2) is 5.82 Å². The number of hydrogen-bond donors (Lipinski definition) is 1. The average Bonchev–Trinajstić information content (AvgIpc) is 3.42. The predicted octanol–water partition coefficient (Wildman–Crippen LogP) is 2.87. The van der Waals surface area contributed by atoms with Gasteiger partial charge in [-0.05, 0) is 41.3 Å². The van der Waals surface area contributed by atoms with E-state index >= 15 is 0 Å². The van der Waals surface area contributed by atoms with Gasteiger partial charge in [-0.1, -0.05) is 12.1 Å². The van der Waals surface area contributed by atoms with E-state index in [0.29, 0.717) is 45.0 Å². The van der Waals surface area contributed by atoms with Crippen LogP contribution < -0.4 is 10.2 Å². The quantitative estimate of drug-likeness (QED) is 0.703. The zero-order valence-corrected chi connectivity index (χ0v) is 16.9. The maximum Gasteiger partial charge on any atom is 0.414 e. The number of carbonyl (C=O) groups excluding carboxylic acids is 2. The van der Waals surface area contributed by atoms with Crippen molar-refractivity contribution in [2.24, 2.45) is 0 Å². The Kier molecular flexibility index (Phi) is 4.99. The third-order valence-corrected chi connectivity index (χ3v) is 5.55. The number of rotatable bonds is 4. The van der Waals surface area contributed by atoms with Gasteiger partial charge in [-0.3, -0.25) is 19.9 Å². The molecule has 0 bridgehead atoms. The molecule has 2 aliphatic rings. The number of aromatic nitrogens is 3. The first-order valence-corrected chi connectivity index (χ1v) is 10.2. The van der Waals surface area contributed by atoms with Gasteiger partial charge in [0.2, 0.25) is 0 Å². The third-order valence-electron chi connectivity index (χ3n) is 5.55. The van der Waals surface area contributed by atoms with Gasteiger partial charge in [-0.25, -0.2) is 9.59 Å². The highest BCUT2D eigenvalue weighted by molar-refractivity contribution is 5.91.